The third kappa shape index (κ3) is 6.74. The lowest BCUT2D eigenvalue weighted by Crippen LogP contribution is -2.22. The number of anilines is 1. The van der Waals surface area contributed by atoms with Crippen LogP contribution in [-0.2, 0) is 16.1 Å². The fourth-order valence-corrected chi connectivity index (χ4v) is 2.93. The summed E-state index contributed by atoms with van der Waals surface area (Å²) in [6.07, 6.45) is 2.86. The predicted molar refractivity (Wildman–Crippen MR) is 124 cm³/mol. The smallest absolute Gasteiger partial charge is 0.318 e. The Morgan fingerprint density at radius 3 is 2.52 bits per heavy atom. The lowest BCUT2D eigenvalue weighted by Gasteiger charge is -2.11. The summed E-state index contributed by atoms with van der Waals surface area (Å²) >= 11 is 0. The predicted octanol–water partition coefficient (Wildman–Crippen LogP) is 3.63. The molecule has 8 heteroatoms. The van der Waals surface area contributed by atoms with Crippen molar-refractivity contribution in [2.24, 2.45) is 5.10 Å². The average molecular weight is 441 g/mol. The van der Waals surface area contributed by atoms with Gasteiger partial charge >= 0.3 is 5.97 Å². The first kappa shape index (κ1) is 23.2. The molecule has 2 N–H and O–H groups in total. The minimum absolute atomic E-state index is 0.232. The van der Waals surface area contributed by atoms with Crippen molar-refractivity contribution in [2.75, 3.05) is 12.0 Å². The highest BCUT2D eigenvalue weighted by Gasteiger charge is 2.20. The molecule has 1 unspecified atom stereocenters. The number of carbonyl (C=O) groups is 2. The van der Waals surface area contributed by atoms with Gasteiger partial charge in [-0.15, -0.1) is 0 Å². The molecule has 0 bridgehead atoms. The highest BCUT2D eigenvalue weighted by Crippen LogP contribution is 2.17. The zero-order chi connectivity index (χ0) is 23.5. The first-order valence-electron chi connectivity index (χ1n) is 10.3. The van der Waals surface area contributed by atoms with Gasteiger partial charge in [-0.1, -0.05) is 42.5 Å². The minimum atomic E-state index is -0.742. The molecule has 0 saturated heterocycles. The molecule has 3 rings (SSSR count). The summed E-state index contributed by atoms with van der Waals surface area (Å²) in [5.74, 6) is -1.02. The van der Waals surface area contributed by atoms with Gasteiger partial charge in [0.25, 0.3) is 5.91 Å². The van der Waals surface area contributed by atoms with Crippen LogP contribution in [0.2, 0.25) is 0 Å². The van der Waals surface area contributed by atoms with Crippen LogP contribution in [-0.4, -0.2) is 29.7 Å². The Kier molecular flexibility index (Phi) is 8.26. The van der Waals surface area contributed by atoms with Crippen LogP contribution in [0.1, 0.15) is 39.9 Å². The topological polar surface area (TPSA) is 116 Å². The van der Waals surface area contributed by atoms with Gasteiger partial charge in [-0.3, -0.25) is 15.0 Å². The van der Waals surface area contributed by atoms with Crippen LogP contribution in [0.3, 0.4) is 0 Å². The maximum absolute atomic E-state index is 12.4. The monoisotopic (exact) mass is 441 g/mol. The van der Waals surface area contributed by atoms with Crippen molar-refractivity contribution in [3.63, 3.8) is 0 Å². The van der Waals surface area contributed by atoms with Gasteiger partial charge in [-0.05, 0) is 42.3 Å². The molecule has 0 aliphatic heterocycles. The second-order valence-electron chi connectivity index (χ2n) is 6.95. The Hall–Kier alpha value is -4.51. The van der Waals surface area contributed by atoms with Gasteiger partial charge in [0, 0.05) is 19.0 Å². The van der Waals surface area contributed by atoms with Crippen molar-refractivity contribution in [2.45, 2.75) is 19.4 Å². The molecule has 3 aromatic rings. The van der Waals surface area contributed by atoms with Gasteiger partial charge < -0.3 is 10.1 Å². The molecule has 0 saturated carbocycles. The van der Waals surface area contributed by atoms with E-state index in [0.29, 0.717) is 29.1 Å². The number of hydrogen-bond donors (Lipinski definition) is 2. The third-order valence-corrected chi connectivity index (χ3v) is 4.66. The SMILES string of the molecule is CCOC(=O)C(C=NNc1ccc(C(=O)NCc2ccccc2)cn1)c1ccc(C#N)cc1. The number of nitrogens with one attached hydrogen (secondary N) is 2. The molecule has 0 aliphatic rings. The van der Waals surface area contributed by atoms with E-state index in [1.807, 2.05) is 36.4 Å². The number of nitrogens with zero attached hydrogens (tertiary/aromatic N) is 3. The lowest BCUT2D eigenvalue weighted by molar-refractivity contribution is -0.143. The standard InChI is InChI=1S/C25H23N5O3/c1-2-33-25(32)22(20-10-8-18(14-26)9-11-20)17-29-30-23-13-12-21(16-27-23)24(31)28-15-19-6-4-3-5-7-19/h3-13,16-17,22H,2,15H2,1H3,(H,27,30)(H,28,31). The normalized spacial score (nSPS) is 11.4. The third-order valence-electron chi connectivity index (χ3n) is 4.66. The molecule has 33 heavy (non-hydrogen) atoms. The van der Waals surface area contributed by atoms with E-state index in [0.717, 1.165) is 5.56 Å². The molecule has 0 spiro atoms. The Morgan fingerprint density at radius 2 is 1.88 bits per heavy atom. The molecule has 1 atom stereocenters. The summed E-state index contributed by atoms with van der Waals surface area (Å²) < 4.78 is 5.13. The number of hydrazone groups is 1. The van der Waals surface area contributed by atoms with Crippen molar-refractivity contribution in [3.8, 4) is 6.07 Å². The Balaban J connectivity index is 1.61. The van der Waals surface area contributed by atoms with E-state index >= 15 is 0 Å². The number of esters is 1. The van der Waals surface area contributed by atoms with E-state index in [-0.39, 0.29) is 12.5 Å². The Labute approximate surface area is 191 Å². The van der Waals surface area contributed by atoms with Crippen molar-refractivity contribution < 1.29 is 14.3 Å². The van der Waals surface area contributed by atoms with E-state index in [2.05, 4.69) is 20.8 Å². The van der Waals surface area contributed by atoms with E-state index in [1.54, 1.807) is 43.3 Å². The molecule has 1 aromatic heterocycles. The van der Waals surface area contributed by atoms with Crippen LogP contribution in [0.4, 0.5) is 5.82 Å². The molecule has 0 radical (unpaired) electrons. The maximum Gasteiger partial charge on any atom is 0.318 e. The number of hydrogen-bond acceptors (Lipinski definition) is 7. The van der Waals surface area contributed by atoms with Crippen LogP contribution < -0.4 is 10.7 Å². The van der Waals surface area contributed by atoms with Gasteiger partial charge in [-0.2, -0.15) is 10.4 Å². The fraction of sp³-hybridized carbons (Fsp3) is 0.160. The lowest BCUT2D eigenvalue weighted by atomic mass is 9.99. The Morgan fingerprint density at radius 1 is 1.12 bits per heavy atom. The number of rotatable bonds is 9. The first-order chi connectivity index (χ1) is 16.1. The summed E-state index contributed by atoms with van der Waals surface area (Å²) in [6.45, 7) is 2.39. The highest BCUT2D eigenvalue weighted by atomic mass is 16.5. The summed E-state index contributed by atoms with van der Waals surface area (Å²) in [5.41, 5.74) is 5.32. The summed E-state index contributed by atoms with van der Waals surface area (Å²) in [6, 6.07) is 21.6. The van der Waals surface area contributed by atoms with Crippen molar-refractivity contribution in [1.29, 1.82) is 5.26 Å². The molecule has 166 valence electrons. The van der Waals surface area contributed by atoms with Crippen molar-refractivity contribution in [1.82, 2.24) is 10.3 Å². The molecule has 1 amide bonds. The van der Waals surface area contributed by atoms with Gasteiger partial charge in [0.05, 0.1) is 23.8 Å². The number of pyridine rings is 1. The van der Waals surface area contributed by atoms with Crippen LogP contribution in [0.25, 0.3) is 0 Å². The quantitative estimate of drug-likeness (QED) is 0.298. The van der Waals surface area contributed by atoms with Crippen LogP contribution in [0.5, 0.6) is 0 Å². The molecule has 8 nitrogen and oxygen atoms in total. The number of amides is 1. The summed E-state index contributed by atoms with van der Waals surface area (Å²) in [7, 11) is 0. The van der Waals surface area contributed by atoms with Crippen LogP contribution in [0, 0.1) is 11.3 Å². The zero-order valence-electron chi connectivity index (χ0n) is 18.1. The molecular weight excluding hydrogens is 418 g/mol. The first-order valence-corrected chi connectivity index (χ1v) is 10.3. The number of nitriles is 1. The maximum atomic E-state index is 12.4. The summed E-state index contributed by atoms with van der Waals surface area (Å²) in [5, 5.41) is 15.9. The number of ether oxygens (including phenoxy) is 1. The minimum Gasteiger partial charge on any atom is -0.465 e. The van der Waals surface area contributed by atoms with Crippen molar-refractivity contribution in [3.05, 3.63) is 95.2 Å². The highest BCUT2D eigenvalue weighted by molar-refractivity contribution is 5.96. The number of carbonyl (C=O) groups excluding carboxylic acids is 2. The fourth-order valence-electron chi connectivity index (χ4n) is 2.93. The number of benzene rings is 2. The van der Waals surface area contributed by atoms with E-state index in [9.17, 15) is 9.59 Å². The average Bonchev–Trinajstić information content (AvgIpc) is 2.86. The van der Waals surface area contributed by atoms with E-state index in [4.69, 9.17) is 10.00 Å². The molecule has 0 aliphatic carbocycles. The van der Waals surface area contributed by atoms with Crippen LogP contribution >= 0.6 is 0 Å². The van der Waals surface area contributed by atoms with Crippen molar-refractivity contribution >= 4 is 23.9 Å². The second-order valence-corrected chi connectivity index (χ2v) is 6.95. The second kappa shape index (κ2) is 11.8. The van der Waals surface area contributed by atoms with Gasteiger partial charge in [0.15, 0.2) is 0 Å². The van der Waals surface area contributed by atoms with E-state index in [1.165, 1.54) is 12.4 Å². The van der Waals surface area contributed by atoms with Gasteiger partial charge in [0.2, 0.25) is 0 Å². The largest absolute Gasteiger partial charge is 0.465 e. The van der Waals surface area contributed by atoms with E-state index < -0.39 is 11.9 Å². The van der Waals surface area contributed by atoms with Gasteiger partial charge in [0.1, 0.15) is 11.7 Å². The summed E-state index contributed by atoms with van der Waals surface area (Å²) in [4.78, 5) is 28.8. The molecule has 1 heterocycles. The molecule has 2 aromatic carbocycles. The van der Waals surface area contributed by atoms with Crippen LogP contribution in [0.15, 0.2) is 78.0 Å². The Bertz CT molecular complexity index is 1140. The van der Waals surface area contributed by atoms with Gasteiger partial charge in [-0.25, -0.2) is 4.98 Å². The molecular formula is C25H23N5O3. The zero-order valence-corrected chi connectivity index (χ0v) is 18.1. The molecule has 0 fully saturated rings. The number of aromatic nitrogens is 1.